The third-order valence-electron chi connectivity index (χ3n) is 1.03. The van der Waals surface area contributed by atoms with Crippen molar-refractivity contribution < 1.29 is 17.9 Å². The van der Waals surface area contributed by atoms with Crippen molar-refractivity contribution in [3.63, 3.8) is 0 Å². The molecule has 4 heteroatoms. The van der Waals surface area contributed by atoms with Gasteiger partial charge in [0.2, 0.25) is 0 Å². The zero-order chi connectivity index (χ0) is 9.33. The smallest absolute Gasteiger partial charge is 0.269 e. The van der Waals surface area contributed by atoms with Gasteiger partial charge >= 0.3 is 6.18 Å². The van der Waals surface area contributed by atoms with Gasteiger partial charge in [-0.25, -0.2) is 0 Å². The molecule has 0 aliphatic carbocycles. The minimum absolute atomic E-state index is 0. The molecule has 0 saturated heterocycles. The summed E-state index contributed by atoms with van der Waals surface area (Å²) in [6.07, 6.45) is -1.79. The van der Waals surface area contributed by atoms with E-state index in [9.17, 15) is 13.2 Å². The molecule has 0 saturated carbocycles. The van der Waals surface area contributed by atoms with Crippen molar-refractivity contribution >= 4 is 0 Å². The Kier molecular flexibility index (Phi) is 15.8. The van der Waals surface area contributed by atoms with Crippen LogP contribution in [0.1, 0.15) is 46.5 Å². The van der Waals surface area contributed by atoms with Crippen molar-refractivity contribution in [1.82, 2.24) is 0 Å². The third kappa shape index (κ3) is 33.2. The summed E-state index contributed by atoms with van der Waals surface area (Å²) >= 11 is 0. The summed E-state index contributed by atoms with van der Waals surface area (Å²) in [5.74, 6) is 0. The lowest BCUT2D eigenvalue weighted by atomic mass is 10.3. The standard InChI is InChI=1S/C4H7F3.C4H10.FH/c1-2-3-4(5,6)7;1-3-4-2;/h2-3H2,1H3;3-4H2,1-2H3;1H. The van der Waals surface area contributed by atoms with E-state index in [0.717, 1.165) is 0 Å². The molecule has 0 spiro atoms. The largest absolute Gasteiger partial charge is 0.389 e. The molecular formula is C8H18F4. The molecule has 0 unspecified atom stereocenters. The van der Waals surface area contributed by atoms with Crippen LogP contribution in [0, 0.1) is 0 Å². The van der Waals surface area contributed by atoms with Crippen LogP contribution in [0.5, 0.6) is 0 Å². The number of hydrogen-bond acceptors (Lipinski definition) is 0. The van der Waals surface area contributed by atoms with Gasteiger partial charge in [-0.1, -0.05) is 33.6 Å². The first-order valence-corrected chi connectivity index (χ1v) is 4.04. The van der Waals surface area contributed by atoms with E-state index in [1.54, 1.807) is 0 Å². The van der Waals surface area contributed by atoms with E-state index < -0.39 is 12.6 Å². The molecule has 0 N–H and O–H groups in total. The molecule has 78 valence electrons. The lowest BCUT2D eigenvalue weighted by Crippen LogP contribution is -2.04. The predicted molar refractivity (Wildman–Crippen MR) is 44.0 cm³/mol. The fourth-order valence-electron chi connectivity index (χ4n) is 0.283. The highest BCUT2D eigenvalue weighted by Gasteiger charge is 2.24. The van der Waals surface area contributed by atoms with E-state index in [-0.39, 0.29) is 11.1 Å². The van der Waals surface area contributed by atoms with Gasteiger partial charge in [0.15, 0.2) is 0 Å². The molecule has 0 aliphatic heterocycles. The maximum Gasteiger partial charge on any atom is 0.389 e. The van der Waals surface area contributed by atoms with Gasteiger partial charge < -0.3 is 0 Å². The highest BCUT2D eigenvalue weighted by atomic mass is 19.4. The van der Waals surface area contributed by atoms with Gasteiger partial charge in [-0.2, -0.15) is 13.2 Å². The van der Waals surface area contributed by atoms with Crippen LogP contribution in [-0.2, 0) is 0 Å². The molecule has 0 bridgehead atoms. The van der Waals surface area contributed by atoms with Gasteiger partial charge in [-0.05, 0) is 6.42 Å². The molecule has 0 amide bonds. The van der Waals surface area contributed by atoms with Crippen LogP contribution in [0.25, 0.3) is 0 Å². The van der Waals surface area contributed by atoms with E-state index in [4.69, 9.17) is 0 Å². The first kappa shape index (κ1) is 17.7. The number of halogens is 4. The third-order valence-corrected chi connectivity index (χ3v) is 1.03. The fraction of sp³-hybridized carbons (Fsp3) is 1.00. The van der Waals surface area contributed by atoms with Crippen LogP contribution in [-0.4, -0.2) is 6.18 Å². The molecule has 0 rings (SSSR count). The molecule has 0 nitrogen and oxygen atoms in total. The SMILES string of the molecule is CCCC.CCCC(F)(F)F.F. The fourth-order valence-corrected chi connectivity index (χ4v) is 0.283. The average molecular weight is 190 g/mol. The first-order chi connectivity index (χ1) is 4.97. The zero-order valence-corrected chi connectivity index (χ0v) is 7.87. The number of hydrogen-bond donors (Lipinski definition) is 0. The highest BCUT2D eigenvalue weighted by molar-refractivity contribution is 4.44. The second kappa shape index (κ2) is 10.7. The molecule has 0 aliphatic rings. The van der Waals surface area contributed by atoms with Crippen molar-refractivity contribution in [3.8, 4) is 0 Å². The Balaban J connectivity index is -0.000000142. The molecule has 0 atom stereocenters. The predicted octanol–water partition coefficient (Wildman–Crippen LogP) is 4.31. The van der Waals surface area contributed by atoms with E-state index in [0.29, 0.717) is 0 Å². The van der Waals surface area contributed by atoms with Gasteiger partial charge in [0.1, 0.15) is 0 Å². The molecule has 0 aromatic rings. The monoisotopic (exact) mass is 190 g/mol. The minimum Gasteiger partial charge on any atom is -0.269 e. The van der Waals surface area contributed by atoms with Crippen LogP contribution in [0.15, 0.2) is 0 Å². The molecular weight excluding hydrogens is 172 g/mol. The van der Waals surface area contributed by atoms with Crippen molar-refractivity contribution in [2.24, 2.45) is 0 Å². The Morgan fingerprint density at radius 3 is 1.17 bits per heavy atom. The lowest BCUT2D eigenvalue weighted by Gasteiger charge is -2.00. The van der Waals surface area contributed by atoms with Gasteiger partial charge in [-0.3, -0.25) is 4.70 Å². The zero-order valence-electron chi connectivity index (χ0n) is 7.87. The Morgan fingerprint density at radius 2 is 1.17 bits per heavy atom. The second-order valence-corrected chi connectivity index (χ2v) is 2.37. The van der Waals surface area contributed by atoms with Crippen molar-refractivity contribution in [3.05, 3.63) is 0 Å². The molecule has 0 aromatic heterocycles. The Labute approximate surface area is 71.5 Å². The van der Waals surface area contributed by atoms with Gasteiger partial charge in [0, 0.05) is 6.42 Å². The van der Waals surface area contributed by atoms with Crippen molar-refractivity contribution in [1.29, 1.82) is 0 Å². The normalized spacial score (nSPS) is 9.50. The quantitative estimate of drug-likeness (QED) is 0.569. The summed E-state index contributed by atoms with van der Waals surface area (Å²) in [4.78, 5) is 0. The minimum atomic E-state index is -3.95. The van der Waals surface area contributed by atoms with E-state index in [1.807, 2.05) is 0 Å². The molecule has 0 radical (unpaired) electrons. The molecule has 0 fully saturated rings. The topological polar surface area (TPSA) is 0 Å². The van der Waals surface area contributed by atoms with Crippen LogP contribution in [0.4, 0.5) is 17.9 Å². The van der Waals surface area contributed by atoms with Crippen molar-refractivity contribution in [2.75, 3.05) is 0 Å². The Morgan fingerprint density at radius 1 is 0.833 bits per heavy atom. The molecule has 0 aromatic carbocycles. The second-order valence-electron chi connectivity index (χ2n) is 2.37. The maximum atomic E-state index is 11.1. The first-order valence-electron chi connectivity index (χ1n) is 4.04. The summed E-state index contributed by atoms with van der Waals surface area (Å²) in [6, 6.07) is 0. The van der Waals surface area contributed by atoms with Gasteiger partial charge in [0.25, 0.3) is 0 Å². The summed E-state index contributed by atoms with van der Waals surface area (Å²) in [7, 11) is 0. The highest BCUT2D eigenvalue weighted by Crippen LogP contribution is 2.20. The van der Waals surface area contributed by atoms with Crippen LogP contribution < -0.4 is 0 Å². The number of unbranched alkanes of at least 4 members (excludes halogenated alkanes) is 1. The van der Waals surface area contributed by atoms with Crippen LogP contribution in [0.2, 0.25) is 0 Å². The number of rotatable bonds is 2. The average Bonchev–Trinajstić information content (AvgIpc) is 1.86. The Bertz CT molecular complexity index is 65.9. The lowest BCUT2D eigenvalue weighted by molar-refractivity contribution is -0.134. The molecule has 0 heterocycles. The summed E-state index contributed by atoms with van der Waals surface area (Å²) in [5, 5.41) is 0. The summed E-state index contributed by atoms with van der Waals surface area (Å²) < 4.78 is 33.2. The van der Waals surface area contributed by atoms with E-state index in [2.05, 4.69) is 13.8 Å². The van der Waals surface area contributed by atoms with Crippen molar-refractivity contribution in [2.45, 2.75) is 52.6 Å². The van der Waals surface area contributed by atoms with Gasteiger partial charge in [-0.15, -0.1) is 0 Å². The van der Waals surface area contributed by atoms with Crippen LogP contribution >= 0.6 is 0 Å². The summed E-state index contributed by atoms with van der Waals surface area (Å²) in [5.41, 5.74) is 0. The van der Waals surface area contributed by atoms with E-state index in [1.165, 1.54) is 19.8 Å². The number of alkyl halides is 3. The van der Waals surface area contributed by atoms with Crippen LogP contribution in [0.3, 0.4) is 0 Å². The summed E-state index contributed by atoms with van der Waals surface area (Å²) in [6.45, 7) is 5.87. The van der Waals surface area contributed by atoms with Gasteiger partial charge in [0.05, 0.1) is 0 Å². The Hall–Kier alpha value is -0.280. The maximum absolute atomic E-state index is 11.1. The van der Waals surface area contributed by atoms with E-state index >= 15 is 0 Å². The molecule has 12 heavy (non-hydrogen) atoms.